The van der Waals surface area contributed by atoms with Crippen molar-refractivity contribution in [2.45, 2.75) is 19.1 Å². The average molecular weight is 280 g/mol. The largest absolute Gasteiger partial charge is 0.462 e. The van der Waals surface area contributed by atoms with Gasteiger partial charge < -0.3 is 4.74 Å². The van der Waals surface area contributed by atoms with E-state index in [4.69, 9.17) is 11.2 Å². The Morgan fingerprint density at radius 2 is 2.16 bits per heavy atom. The van der Waals surface area contributed by atoms with Crippen molar-refractivity contribution >= 4 is 15.8 Å². The van der Waals surface area contributed by atoms with Gasteiger partial charge in [-0.25, -0.2) is 13.2 Å². The van der Waals surface area contributed by atoms with Crippen molar-refractivity contribution in [2.24, 2.45) is 0 Å². The number of esters is 1. The van der Waals surface area contributed by atoms with E-state index in [2.05, 4.69) is 5.92 Å². The number of carbonyl (C=O) groups excluding carboxylic acids is 1. The maximum atomic E-state index is 11.6. The Hall–Kier alpha value is -1.80. The first kappa shape index (κ1) is 15.3. The number of terminal acetylenes is 1. The van der Waals surface area contributed by atoms with Gasteiger partial charge in [-0.05, 0) is 24.1 Å². The second-order valence-electron chi connectivity index (χ2n) is 4.07. The number of benzene rings is 1. The molecule has 102 valence electrons. The molecule has 5 heteroatoms. The van der Waals surface area contributed by atoms with Crippen LogP contribution in [0.25, 0.3) is 0 Å². The van der Waals surface area contributed by atoms with Crippen molar-refractivity contribution in [1.29, 1.82) is 0 Å². The number of sulfone groups is 1. The molecule has 0 bridgehead atoms. The highest BCUT2D eigenvalue weighted by atomic mass is 32.2. The molecular formula is C14H16O4S. The lowest BCUT2D eigenvalue weighted by molar-refractivity contribution is 0.0505. The van der Waals surface area contributed by atoms with Gasteiger partial charge in [-0.2, -0.15) is 0 Å². The zero-order chi connectivity index (χ0) is 14.3. The summed E-state index contributed by atoms with van der Waals surface area (Å²) in [5.41, 5.74) is 0.878. The van der Waals surface area contributed by atoms with Crippen LogP contribution >= 0.6 is 0 Å². The molecule has 1 rings (SSSR count). The van der Waals surface area contributed by atoms with Crippen molar-refractivity contribution in [3.05, 3.63) is 35.4 Å². The van der Waals surface area contributed by atoms with Crippen molar-refractivity contribution < 1.29 is 17.9 Å². The van der Waals surface area contributed by atoms with Crippen LogP contribution < -0.4 is 0 Å². The molecule has 0 saturated carbocycles. The van der Waals surface area contributed by atoms with E-state index < -0.39 is 15.8 Å². The van der Waals surface area contributed by atoms with Gasteiger partial charge in [0.15, 0.2) is 9.84 Å². The smallest absolute Gasteiger partial charge is 0.338 e. The third-order valence-corrected chi connectivity index (χ3v) is 3.67. The van der Waals surface area contributed by atoms with Crippen LogP contribution in [0.5, 0.6) is 0 Å². The van der Waals surface area contributed by atoms with Gasteiger partial charge in [-0.3, -0.25) is 0 Å². The van der Waals surface area contributed by atoms with E-state index in [0.29, 0.717) is 17.7 Å². The lowest BCUT2D eigenvalue weighted by Crippen LogP contribution is -2.10. The lowest BCUT2D eigenvalue weighted by atomic mass is 10.1. The van der Waals surface area contributed by atoms with Gasteiger partial charge in [0.1, 0.15) is 5.75 Å². The highest BCUT2D eigenvalue weighted by Gasteiger charge is 2.13. The third-order valence-electron chi connectivity index (χ3n) is 2.29. The molecule has 0 atom stereocenters. The summed E-state index contributed by atoms with van der Waals surface area (Å²) in [6.45, 7) is 2.24. The van der Waals surface area contributed by atoms with Crippen LogP contribution in [0.1, 0.15) is 29.3 Å². The maximum Gasteiger partial charge on any atom is 0.338 e. The lowest BCUT2D eigenvalue weighted by Gasteiger charge is -2.05. The predicted molar refractivity (Wildman–Crippen MR) is 73.3 cm³/mol. The molecule has 0 heterocycles. The molecule has 0 saturated heterocycles. The van der Waals surface area contributed by atoms with Crippen LogP contribution in [0.3, 0.4) is 0 Å². The van der Waals surface area contributed by atoms with E-state index in [-0.39, 0.29) is 11.5 Å². The topological polar surface area (TPSA) is 60.4 Å². The fourth-order valence-electron chi connectivity index (χ4n) is 1.50. The summed E-state index contributed by atoms with van der Waals surface area (Å²) in [5, 5.41) is 0. The normalized spacial score (nSPS) is 10.7. The van der Waals surface area contributed by atoms with E-state index in [1.54, 1.807) is 18.2 Å². The minimum atomic E-state index is -3.33. The molecule has 0 spiro atoms. The fourth-order valence-corrected chi connectivity index (χ4v) is 2.54. The number of rotatable bonds is 6. The van der Waals surface area contributed by atoms with Gasteiger partial charge >= 0.3 is 5.97 Å². The van der Waals surface area contributed by atoms with Gasteiger partial charge in [0.2, 0.25) is 0 Å². The standard InChI is InChI=1S/C14H16O4S/c1-3-8-18-14(15)13-7-5-6-12(10-13)11-19(16,17)9-4-2/h2,5-7,10H,3,8-9,11H2,1H3. The maximum absolute atomic E-state index is 11.6. The molecule has 1 aromatic rings. The summed E-state index contributed by atoms with van der Waals surface area (Å²) in [6, 6.07) is 6.38. The van der Waals surface area contributed by atoms with Crippen LogP contribution in [0.2, 0.25) is 0 Å². The Bertz CT molecular complexity index is 582. The summed E-state index contributed by atoms with van der Waals surface area (Å²) >= 11 is 0. The molecular weight excluding hydrogens is 264 g/mol. The minimum absolute atomic E-state index is 0.175. The number of carbonyl (C=O) groups is 1. The van der Waals surface area contributed by atoms with Gasteiger partial charge in [-0.1, -0.05) is 25.0 Å². The van der Waals surface area contributed by atoms with Crippen molar-refractivity contribution in [3.8, 4) is 12.3 Å². The first-order valence-corrected chi connectivity index (χ1v) is 7.70. The summed E-state index contributed by atoms with van der Waals surface area (Å²) in [6.07, 6.45) is 5.74. The van der Waals surface area contributed by atoms with Crippen LogP contribution in [0.15, 0.2) is 24.3 Å². The summed E-state index contributed by atoms with van der Waals surface area (Å²) in [7, 11) is -3.33. The first-order chi connectivity index (χ1) is 8.98. The van der Waals surface area contributed by atoms with Gasteiger partial charge in [0, 0.05) is 0 Å². The van der Waals surface area contributed by atoms with Gasteiger partial charge in [-0.15, -0.1) is 6.42 Å². The molecule has 0 aliphatic rings. The van der Waals surface area contributed by atoms with Crippen molar-refractivity contribution in [2.75, 3.05) is 12.4 Å². The van der Waals surface area contributed by atoms with Crippen LogP contribution in [0, 0.1) is 12.3 Å². The molecule has 0 aliphatic carbocycles. The van der Waals surface area contributed by atoms with Gasteiger partial charge in [0.05, 0.1) is 17.9 Å². The van der Waals surface area contributed by atoms with E-state index >= 15 is 0 Å². The molecule has 1 aromatic carbocycles. The number of hydrogen-bond donors (Lipinski definition) is 0. The highest BCUT2D eigenvalue weighted by Crippen LogP contribution is 2.11. The Kier molecular flexibility index (Phi) is 5.58. The number of hydrogen-bond acceptors (Lipinski definition) is 4. The zero-order valence-corrected chi connectivity index (χ0v) is 11.6. The van der Waals surface area contributed by atoms with E-state index in [1.165, 1.54) is 6.07 Å². The highest BCUT2D eigenvalue weighted by molar-refractivity contribution is 7.90. The van der Waals surface area contributed by atoms with E-state index in [1.807, 2.05) is 6.92 Å². The molecule has 0 radical (unpaired) electrons. The fraction of sp³-hybridized carbons (Fsp3) is 0.357. The molecule has 0 N–H and O–H groups in total. The molecule has 4 nitrogen and oxygen atoms in total. The Labute approximate surface area is 113 Å². The SMILES string of the molecule is C#CCS(=O)(=O)Cc1cccc(C(=O)OCCC)c1. The van der Waals surface area contributed by atoms with Crippen molar-refractivity contribution in [3.63, 3.8) is 0 Å². The predicted octanol–water partition coefficient (Wildman–Crippen LogP) is 1.80. The second kappa shape index (κ2) is 6.95. The number of ether oxygens (including phenoxy) is 1. The molecule has 0 unspecified atom stereocenters. The Morgan fingerprint density at radius 1 is 1.42 bits per heavy atom. The third kappa shape index (κ3) is 5.14. The summed E-state index contributed by atoms with van der Waals surface area (Å²) < 4.78 is 28.2. The quantitative estimate of drug-likeness (QED) is 0.589. The monoisotopic (exact) mass is 280 g/mol. The van der Waals surface area contributed by atoms with Crippen molar-refractivity contribution in [1.82, 2.24) is 0 Å². The van der Waals surface area contributed by atoms with E-state index in [0.717, 1.165) is 6.42 Å². The molecule has 0 aromatic heterocycles. The molecule has 19 heavy (non-hydrogen) atoms. The molecule has 0 fully saturated rings. The van der Waals surface area contributed by atoms with Crippen LogP contribution in [-0.4, -0.2) is 26.7 Å². The molecule has 0 aliphatic heterocycles. The van der Waals surface area contributed by atoms with Crippen LogP contribution in [0.4, 0.5) is 0 Å². The summed E-state index contributed by atoms with van der Waals surface area (Å²) in [5.74, 6) is 1.19. The van der Waals surface area contributed by atoms with E-state index in [9.17, 15) is 13.2 Å². The second-order valence-corrected chi connectivity index (χ2v) is 6.14. The molecule has 0 amide bonds. The average Bonchev–Trinajstić information content (AvgIpc) is 2.35. The van der Waals surface area contributed by atoms with Gasteiger partial charge in [0.25, 0.3) is 0 Å². The zero-order valence-electron chi connectivity index (χ0n) is 10.8. The minimum Gasteiger partial charge on any atom is -0.462 e. The Morgan fingerprint density at radius 3 is 2.79 bits per heavy atom. The summed E-state index contributed by atoms with van der Waals surface area (Å²) in [4.78, 5) is 11.6. The van der Waals surface area contributed by atoms with Crippen LogP contribution in [-0.2, 0) is 20.3 Å². The first-order valence-electron chi connectivity index (χ1n) is 5.88. The Balaban J connectivity index is 2.84.